The zero-order valence-corrected chi connectivity index (χ0v) is 12.5. The Hall–Kier alpha value is -1.10. The topological polar surface area (TPSA) is 66.8 Å². The van der Waals surface area contributed by atoms with Crippen LogP contribution in [0.1, 0.15) is 45.4 Å². The van der Waals surface area contributed by atoms with Crippen LogP contribution >= 0.6 is 0 Å². The first-order chi connectivity index (χ1) is 9.43. The van der Waals surface area contributed by atoms with Crippen molar-refractivity contribution in [1.29, 1.82) is 0 Å². The number of hydrogen-bond donors (Lipinski definition) is 1. The van der Waals surface area contributed by atoms with Crippen LogP contribution in [0.15, 0.2) is 0 Å². The Bertz CT molecular complexity index is 389. The van der Waals surface area contributed by atoms with Crippen LogP contribution in [-0.4, -0.2) is 48.7 Å². The molecule has 1 N–H and O–H groups in total. The highest BCUT2D eigenvalue weighted by atomic mass is 16.5. The third-order valence-electron chi connectivity index (χ3n) is 5.08. The van der Waals surface area contributed by atoms with E-state index >= 15 is 0 Å². The van der Waals surface area contributed by atoms with Crippen LogP contribution in [0.2, 0.25) is 0 Å². The van der Waals surface area contributed by atoms with E-state index in [4.69, 9.17) is 4.74 Å². The molecule has 2 fully saturated rings. The fourth-order valence-electron chi connectivity index (χ4n) is 3.56. The summed E-state index contributed by atoms with van der Waals surface area (Å²) in [6.45, 7) is 3.24. The molecule has 0 radical (unpaired) electrons. The highest BCUT2D eigenvalue weighted by Crippen LogP contribution is 2.44. The summed E-state index contributed by atoms with van der Waals surface area (Å²) in [5.74, 6) is -0.651. The molecule has 114 valence electrons. The van der Waals surface area contributed by atoms with Crippen molar-refractivity contribution in [2.75, 3.05) is 26.8 Å². The van der Waals surface area contributed by atoms with Gasteiger partial charge in [0.1, 0.15) is 0 Å². The van der Waals surface area contributed by atoms with E-state index in [-0.39, 0.29) is 11.3 Å². The molecule has 1 amide bonds. The zero-order chi connectivity index (χ0) is 14.8. The summed E-state index contributed by atoms with van der Waals surface area (Å²) in [6, 6.07) is 0. The molecule has 0 aromatic rings. The molecular weight excluding hydrogens is 258 g/mol. The second-order valence-corrected chi connectivity index (χ2v) is 6.57. The maximum Gasteiger partial charge on any atom is 0.311 e. The molecule has 0 aromatic heterocycles. The van der Waals surface area contributed by atoms with E-state index in [0.717, 1.165) is 32.1 Å². The molecule has 1 unspecified atom stereocenters. The van der Waals surface area contributed by atoms with Gasteiger partial charge in [-0.1, -0.05) is 12.8 Å². The predicted octanol–water partition coefficient (Wildman–Crippen LogP) is 1.91. The Labute approximate surface area is 120 Å². The minimum atomic E-state index is -0.801. The molecule has 1 aliphatic carbocycles. The van der Waals surface area contributed by atoms with Crippen molar-refractivity contribution in [1.82, 2.24) is 4.90 Å². The lowest BCUT2D eigenvalue weighted by Crippen LogP contribution is -2.43. The molecule has 2 rings (SSSR count). The monoisotopic (exact) mass is 283 g/mol. The van der Waals surface area contributed by atoms with Gasteiger partial charge in [0, 0.05) is 26.8 Å². The van der Waals surface area contributed by atoms with Crippen LogP contribution in [0, 0.1) is 10.8 Å². The average Bonchev–Trinajstić information content (AvgIpc) is 3.04. The van der Waals surface area contributed by atoms with E-state index in [1.807, 2.05) is 0 Å². The summed E-state index contributed by atoms with van der Waals surface area (Å²) in [5, 5.41) is 9.29. The van der Waals surface area contributed by atoms with Gasteiger partial charge in [0.2, 0.25) is 5.91 Å². The van der Waals surface area contributed by atoms with Crippen LogP contribution in [0.5, 0.6) is 0 Å². The molecule has 5 heteroatoms. The second kappa shape index (κ2) is 5.72. The van der Waals surface area contributed by atoms with Crippen LogP contribution in [-0.2, 0) is 14.3 Å². The molecule has 20 heavy (non-hydrogen) atoms. The van der Waals surface area contributed by atoms with Crippen molar-refractivity contribution < 1.29 is 19.4 Å². The fraction of sp³-hybridized carbons (Fsp3) is 0.867. The largest absolute Gasteiger partial charge is 0.481 e. The van der Waals surface area contributed by atoms with Gasteiger partial charge in [-0.25, -0.2) is 0 Å². The average molecular weight is 283 g/mol. The van der Waals surface area contributed by atoms with Crippen LogP contribution < -0.4 is 0 Å². The van der Waals surface area contributed by atoms with Gasteiger partial charge in [0.05, 0.1) is 10.8 Å². The molecule has 1 saturated carbocycles. The lowest BCUT2D eigenvalue weighted by molar-refractivity contribution is -0.148. The summed E-state index contributed by atoms with van der Waals surface area (Å²) in [7, 11) is 1.66. The van der Waals surface area contributed by atoms with Crippen molar-refractivity contribution in [3.05, 3.63) is 0 Å². The minimum absolute atomic E-state index is 0.150. The van der Waals surface area contributed by atoms with E-state index in [0.29, 0.717) is 26.1 Å². The third kappa shape index (κ3) is 2.68. The number of methoxy groups -OCH3 is 1. The van der Waals surface area contributed by atoms with Crippen LogP contribution in [0.25, 0.3) is 0 Å². The Balaban J connectivity index is 2.08. The number of amides is 1. The summed E-state index contributed by atoms with van der Waals surface area (Å²) in [6.07, 6.45) is 5.29. The maximum absolute atomic E-state index is 12.9. The number of carbonyl (C=O) groups is 2. The molecule has 0 bridgehead atoms. The molecule has 0 aromatic carbocycles. The number of nitrogens with zero attached hydrogens (tertiary/aromatic N) is 1. The summed E-state index contributed by atoms with van der Waals surface area (Å²) < 4.78 is 5.16. The van der Waals surface area contributed by atoms with Crippen LogP contribution in [0.4, 0.5) is 0 Å². The van der Waals surface area contributed by atoms with E-state index in [1.54, 1.807) is 18.9 Å². The quantitative estimate of drug-likeness (QED) is 0.837. The Morgan fingerprint density at radius 3 is 2.40 bits per heavy atom. The van der Waals surface area contributed by atoms with Gasteiger partial charge < -0.3 is 14.7 Å². The first-order valence-corrected chi connectivity index (χ1v) is 7.45. The number of carboxylic acid groups (broad SMARTS) is 1. The van der Waals surface area contributed by atoms with Crippen molar-refractivity contribution in [2.24, 2.45) is 10.8 Å². The second-order valence-electron chi connectivity index (χ2n) is 6.57. The third-order valence-corrected chi connectivity index (χ3v) is 5.08. The first-order valence-electron chi connectivity index (χ1n) is 7.45. The molecule has 1 atom stereocenters. The van der Waals surface area contributed by atoms with Crippen LogP contribution in [0.3, 0.4) is 0 Å². The zero-order valence-electron chi connectivity index (χ0n) is 12.5. The minimum Gasteiger partial charge on any atom is -0.481 e. The van der Waals surface area contributed by atoms with Gasteiger partial charge in [0.15, 0.2) is 0 Å². The van der Waals surface area contributed by atoms with E-state index in [1.165, 1.54) is 0 Å². The van der Waals surface area contributed by atoms with Gasteiger partial charge in [-0.15, -0.1) is 0 Å². The lowest BCUT2D eigenvalue weighted by Gasteiger charge is -2.32. The number of aliphatic carboxylic acids is 1. The molecule has 1 aliphatic heterocycles. The number of ether oxygens (including phenoxy) is 1. The number of rotatable bonds is 5. The van der Waals surface area contributed by atoms with Crippen molar-refractivity contribution in [3.63, 3.8) is 0 Å². The van der Waals surface area contributed by atoms with Gasteiger partial charge in [-0.3, -0.25) is 9.59 Å². The normalized spacial score (nSPS) is 28.8. The van der Waals surface area contributed by atoms with E-state index in [2.05, 4.69) is 0 Å². The summed E-state index contributed by atoms with van der Waals surface area (Å²) >= 11 is 0. The van der Waals surface area contributed by atoms with Crippen molar-refractivity contribution in [3.8, 4) is 0 Å². The maximum atomic E-state index is 12.9. The van der Waals surface area contributed by atoms with E-state index in [9.17, 15) is 14.7 Å². The summed E-state index contributed by atoms with van der Waals surface area (Å²) in [5.41, 5.74) is -1.09. The number of hydrogen-bond acceptors (Lipinski definition) is 3. The molecule has 0 spiro atoms. The smallest absolute Gasteiger partial charge is 0.311 e. The molecule has 2 aliphatic rings. The predicted molar refractivity (Wildman–Crippen MR) is 74.3 cm³/mol. The van der Waals surface area contributed by atoms with Crippen molar-refractivity contribution in [2.45, 2.75) is 45.4 Å². The van der Waals surface area contributed by atoms with Gasteiger partial charge in [-0.2, -0.15) is 0 Å². The Morgan fingerprint density at radius 2 is 1.90 bits per heavy atom. The highest BCUT2D eigenvalue weighted by molar-refractivity contribution is 5.85. The fourth-order valence-corrected chi connectivity index (χ4v) is 3.56. The van der Waals surface area contributed by atoms with Crippen molar-refractivity contribution >= 4 is 11.9 Å². The Morgan fingerprint density at radius 1 is 1.25 bits per heavy atom. The van der Waals surface area contributed by atoms with Gasteiger partial charge in [0.25, 0.3) is 0 Å². The summed E-state index contributed by atoms with van der Waals surface area (Å²) in [4.78, 5) is 25.9. The Kier molecular flexibility index (Phi) is 4.37. The molecular formula is C15H25NO4. The lowest BCUT2D eigenvalue weighted by atomic mass is 9.81. The number of carbonyl (C=O) groups excluding carboxylic acids is 1. The highest BCUT2D eigenvalue weighted by Gasteiger charge is 2.48. The molecule has 1 saturated heterocycles. The van der Waals surface area contributed by atoms with Gasteiger partial charge >= 0.3 is 5.97 Å². The standard InChI is InChI=1S/C15H25NO4/c1-14(13(18)19)7-9-16(11-14)12(17)15(8-10-20-2)5-3-4-6-15/h3-11H2,1-2H3,(H,18,19). The number of carboxylic acids is 1. The number of likely N-dealkylation sites (tertiary alicyclic amines) is 1. The van der Waals surface area contributed by atoms with Gasteiger partial charge in [-0.05, 0) is 32.6 Å². The SMILES string of the molecule is COCCC1(C(=O)N2CCC(C)(C(=O)O)C2)CCCC1. The van der Waals surface area contributed by atoms with E-state index < -0.39 is 11.4 Å². The first kappa shape index (κ1) is 15.3. The molecule has 5 nitrogen and oxygen atoms in total. The molecule has 1 heterocycles.